The Kier molecular flexibility index (Phi) is 4.59. The van der Waals surface area contributed by atoms with Crippen LogP contribution in [-0.2, 0) is 20.7 Å². The molecular formula is C15H19N3O3. The van der Waals surface area contributed by atoms with Gasteiger partial charge in [-0.05, 0) is 18.6 Å². The third-order valence-corrected chi connectivity index (χ3v) is 3.31. The van der Waals surface area contributed by atoms with Crippen LogP contribution in [0.15, 0.2) is 30.5 Å². The van der Waals surface area contributed by atoms with Crippen molar-refractivity contribution in [2.75, 3.05) is 7.11 Å². The van der Waals surface area contributed by atoms with Gasteiger partial charge in [0.2, 0.25) is 5.91 Å². The summed E-state index contributed by atoms with van der Waals surface area (Å²) >= 11 is 0. The molecule has 0 bridgehead atoms. The zero-order chi connectivity index (χ0) is 15.4. The fraction of sp³-hybridized carbons (Fsp3) is 0.333. The summed E-state index contributed by atoms with van der Waals surface area (Å²) in [5, 5.41) is 3.63. The molecular weight excluding hydrogens is 270 g/mol. The maximum absolute atomic E-state index is 11.8. The van der Waals surface area contributed by atoms with Crippen molar-refractivity contribution in [1.82, 2.24) is 10.3 Å². The van der Waals surface area contributed by atoms with Crippen molar-refractivity contribution in [3.63, 3.8) is 0 Å². The third kappa shape index (κ3) is 3.41. The number of esters is 1. The minimum Gasteiger partial charge on any atom is -0.467 e. The van der Waals surface area contributed by atoms with E-state index in [2.05, 4.69) is 10.3 Å². The van der Waals surface area contributed by atoms with Gasteiger partial charge in [0.1, 0.15) is 6.04 Å². The Labute approximate surface area is 122 Å². The van der Waals surface area contributed by atoms with E-state index in [0.29, 0.717) is 6.42 Å². The van der Waals surface area contributed by atoms with Gasteiger partial charge in [-0.15, -0.1) is 0 Å². The first-order valence-corrected chi connectivity index (χ1v) is 6.71. The molecule has 0 spiro atoms. The molecule has 0 saturated heterocycles. The van der Waals surface area contributed by atoms with Gasteiger partial charge in [0.05, 0.1) is 13.2 Å². The van der Waals surface area contributed by atoms with E-state index in [9.17, 15) is 9.59 Å². The fourth-order valence-electron chi connectivity index (χ4n) is 2.16. The van der Waals surface area contributed by atoms with Crippen molar-refractivity contribution in [2.45, 2.75) is 25.4 Å². The normalized spacial score (nSPS) is 13.7. The standard InChI is InChI=1S/C15H19N3O3/c1-9(16)14(19)18-13(15(20)21-2)7-10-8-17-12-6-4-3-5-11(10)12/h3-6,8-9,13,17H,7,16H2,1-2H3,(H,18,19)/t9-,13-/m0/s1. The number of benzene rings is 1. The average molecular weight is 289 g/mol. The number of nitrogens with two attached hydrogens (primary N) is 1. The van der Waals surface area contributed by atoms with E-state index < -0.39 is 18.1 Å². The van der Waals surface area contributed by atoms with Gasteiger partial charge >= 0.3 is 5.97 Å². The Morgan fingerprint density at radius 2 is 2.10 bits per heavy atom. The lowest BCUT2D eigenvalue weighted by Crippen LogP contribution is -2.48. The molecule has 1 aromatic carbocycles. The summed E-state index contributed by atoms with van der Waals surface area (Å²) < 4.78 is 4.75. The molecule has 112 valence electrons. The van der Waals surface area contributed by atoms with E-state index in [1.165, 1.54) is 7.11 Å². The predicted molar refractivity (Wildman–Crippen MR) is 79.6 cm³/mol. The minimum atomic E-state index is -0.757. The maximum Gasteiger partial charge on any atom is 0.328 e. The number of hydrogen-bond acceptors (Lipinski definition) is 4. The first-order valence-electron chi connectivity index (χ1n) is 6.71. The number of H-pyrrole nitrogens is 1. The van der Waals surface area contributed by atoms with Crippen LogP contribution in [0.4, 0.5) is 0 Å². The van der Waals surface area contributed by atoms with Gasteiger partial charge in [0.15, 0.2) is 0 Å². The molecule has 0 fully saturated rings. The van der Waals surface area contributed by atoms with Crippen LogP contribution in [-0.4, -0.2) is 36.1 Å². The highest BCUT2D eigenvalue weighted by atomic mass is 16.5. The number of nitrogens with one attached hydrogen (secondary N) is 2. The van der Waals surface area contributed by atoms with Crippen LogP contribution in [0, 0.1) is 0 Å². The quantitative estimate of drug-likeness (QED) is 0.706. The number of fused-ring (bicyclic) bond motifs is 1. The van der Waals surface area contributed by atoms with E-state index in [4.69, 9.17) is 10.5 Å². The van der Waals surface area contributed by atoms with E-state index in [1.807, 2.05) is 30.5 Å². The number of aromatic amines is 1. The van der Waals surface area contributed by atoms with E-state index in [0.717, 1.165) is 16.5 Å². The summed E-state index contributed by atoms with van der Waals surface area (Å²) in [5.74, 6) is -0.875. The summed E-state index contributed by atoms with van der Waals surface area (Å²) in [4.78, 5) is 26.7. The molecule has 0 aliphatic heterocycles. The summed E-state index contributed by atoms with van der Waals surface area (Å²) in [6.07, 6.45) is 2.17. The number of ether oxygens (including phenoxy) is 1. The van der Waals surface area contributed by atoms with Gasteiger partial charge in [0, 0.05) is 23.5 Å². The van der Waals surface area contributed by atoms with E-state index >= 15 is 0 Å². The Balaban J connectivity index is 2.22. The zero-order valence-electron chi connectivity index (χ0n) is 12.1. The molecule has 6 nitrogen and oxygen atoms in total. The topological polar surface area (TPSA) is 97.2 Å². The fourth-order valence-corrected chi connectivity index (χ4v) is 2.16. The van der Waals surface area contributed by atoms with Gasteiger partial charge in [0.25, 0.3) is 0 Å². The Bertz CT molecular complexity index is 648. The number of rotatable bonds is 5. The molecule has 21 heavy (non-hydrogen) atoms. The van der Waals surface area contributed by atoms with E-state index in [-0.39, 0.29) is 5.91 Å². The van der Waals surface area contributed by atoms with Gasteiger partial charge in [-0.3, -0.25) is 4.79 Å². The summed E-state index contributed by atoms with van der Waals surface area (Å²) in [7, 11) is 1.29. The molecule has 0 unspecified atom stereocenters. The second-order valence-corrected chi connectivity index (χ2v) is 4.94. The van der Waals surface area contributed by atoms with Crippen LogP contribution in [0.1, 0.15) is 12.5 Å². The Morgan fingerprint density at radius 1 is 1.38 bits per heavy atom. The second kappa shape index (κ2) is 6.41. The average Bonchev–Trinajstić information content (AvgIpc) is 2.89. The lowest BCUT2D eigenvalue weighted by Gasteiger charge is -2.17. The number of amides is 1. The van der Waals surface area contributed by atoms with Gasteiger partial charge in [-0.25, -0.2) is 4.79 Å². The summed E-state index contributed by atoms with van der Waals surface area (Å²) in [5.41, 5.74) is 7.44. The highest BCUT2D eigenvalue weighted by molar-refractivity contribution is 5.88. The molecule has 2 aromatic rings. The Morgan fingerprint density at radius 3 is 2.76 bits per heavy atom. The molecule has 4 N–H and O–H groups in total. The molecule has 1 amide bonds. The van der Waals surface area contributed by atoms with Crippen LogP contribution in [0.3, 0.4) is 0 Å². The first kappa shape index (κ1) is 15.1. The summed E-state index contributed by atoms with van der Waals surface area (Å²) in [6, 6.07) is 6.33. The zero-order valence-corrected chi connectivity index (χ0v) is 12.1. The Hall–Kier alpha value is -2.34. The maximum atomic E-state index is 11.8. The van der Waals surface area contributed by atoms with Gasteiger partial charge in [-0.1, -0.05) is 18.2 Å². The molecule has 0 aliphatic rings. The molecule has 2 atom stereocenters. The largest absolute Gasteiger partial charge is 0.467 e. The van der Waals surface area contributed by atoms with Crippen LogP contribution < -0.4 is 11.1 Å². The predicted octanol–water partition coefficient (Wildman–Crippen LogP) is 0.715. The van der Waals surface area contributed by atoms with Crippen molar-refractivity contribution < 1.29 is 14.3 Å². The molecule has 0 radical (unpaired) electrons. The van der Waals surface area contributed by atoms with Crippen LogP contribution in [0.2, 0.25) is 0 Å². The van der Waals surface area contributed by atoms with Crippen LogP contribution in [0.25, 0.3) is 10.9 Å². The lowest BCUT2D eigenvalue weighted by molar-refractivity contribution is -0.145. The molecule has 0 aliphatic carbocycles. The van der Waals surface area contributed by atoms with Crippen molar-refractivity contribution in [3.05, 3.63) is 36.0 Å². The number of para-hydroxylation sites is 1. The van der Waals surface area contributed by atoms with Crippen molar-refractivity contribution >= 4 is 22.8 Å². The monoisotopic (exact) mass is 289 g/mol. The van der Waals surface area contributed by atoms with Gasteiger partial charge < -0.3 is 20.8 Å². The van der Waals surface area contributed by atoms with Crippen molar-refractivity contribution in [2.24, 2.45) is 5.73 Å². The third-order valence-electron chi connectivity index (χ3n) is 3.31. The minimum absolute atomic E-state index is 0.342. The SMILES string of the molecule is COC(=O)[C@H](Cc1c[nH]c2ccccc12)NC(=O)[C@H](C)N. The number of aromatic nitrogens is 1. The summed E-state index contributed by atoms with van der Waals surface area (Å²) in [6.45, 7) is 1.56. The van der Waals surface area contributed by atoms with E-state index in [1.54, 1.807) is 6.92 Å². The highest BCUT2D eigenvalue weighted by Gasteiger charge is 2.24. The van der Waals surface area contributed by atoms with Gasteiger partial charge in [-0.2, -0.15) is 0 Å². The molecule has 0 saturated carbocycles. The number of methoxy groups -OCH3 is 1. The van der Waals surface area contributed by atoms with Crippen LogP contribution >= 0.6 is 0 Å². The molecule has 6 heteroatoms. The van der Waals surface area contributed by atoms with Crippen molar-refractivity contribution in [3.8, 4) is 0 Å². The second-order valence-electron chi connectivity index (χ2n) is 4.94. The highest BCUT2D eigenvalue weighted by Crippen LogP contribution is 2.19. The molecule has 2 rings (SSSR count). The van der Waals surface area contributed by atoms with Crippen molar-refractivity contribution in [1.29, 1.82) is 0 Å². The molecule has 1 aromatic heterocycles. The number of carbonyl (C=O) groups is 2. The lowest BCUT2D eigenvalue weighted by atomic mass is 10.0. The number of carbonyl (C=O) groups excluding carboxylic acids is 2. The van der Waals surface area contributed by atoms with Crippen LogP contribution in [0.5, 0.6) is 0 Å². The number of hydrogen-bond donors (Lipinski definition) is 3. The molecule has 1 heterocycles. The first-order chi connectivity index (χ1) is 10.0. The smallest absolute Gasteiger partial charge is 0.328 e.